The Kier molecular flexibility index (Phi) is 4.73. The van der Waals surface area contributed by atoms with E-state index in [2.05, 4.69) is 20.6 Å². The molecule has 0 unspecified atom stereocenters. The van der Waals surface area contributed by atoms with Crippen LogP contribution in [-0.4, -0.2) is 37.1 Å². The maximum atomic E-state index is 12.3. The van der Waals surface area contributed by atoms with Crippen molar-refractivity contribution in [2.75, 3.05) is 31.9 Å². The molecule has 144 valence electrons. The van der Waals surface area contributed by atoms with Gasteiger partial charge in [0.1, 0.15) is 0 Å². The van der Waals surface area contributed by atoms with Crippen molar-refractivity contribution in [1.82, 2.24) is 9.97 Å². The van der Waals surface area contributed by atoms with Gasteiger partial charge < -0.3 is 20.1 Å². The molecule has 1 amide bonds. The number of aromatic nitrogens is 2. The summed E-state index contributed by atoms with van der Waals surface area (Å²) in [6.45, 7) is 0. The van der Waals surface area contributed by atoms with Crippen LogP contribution in [0, 0.1) is 5.92 Å². The van der Waals surface area contributed by atoms with Gasteiger partial charge in [-0.3, -0.25) is 4.79 Å². The topological polar surface area (TPSA) is 85.4 Å². The van der Waals surface area contributed by atoms with E-state index in [0.717, 1.165) is 35.0 Å². The van der Waals surface area contributed by atoms with Crippen LogP contribution in [0.4, 0.5) is 11.6 Å². The van der Waals surface area contributed by atoms with Crippen molar-refractivity contribution in [3.63, 3.8) is 0 Å². The van der Waals surface area contributed by atoms with Gasteiger partial charge in [-0.05, 0) is 25.0 Å². The van der Waals surface area contributed by atoms with Gasteiger partial charge in [0.05, 0.1) is 31.1 Å². The van der Waals surface area contributed by atoms with Crippen molar-refractivity contribution >= 4 is 28.4 Å². The minimum absolute atomic E-state index is 0.0545. The highest BCUT2D eigenvalue weighted by atomic mass is 16.5. The molecule has 1 aliphatic carbocycles. The lowest BCUT2D eigenvalue weighted by Gasteiger charge is -2.15. The summed E-state index contributed by atoms with van der Waals surface area (Å²) in [6, 6.07) is 11.4. The second-order valence-corrected chi connectivity index (χ2v) is 6.68. The van der Waals surface area contributed by atoms with Gasteiger partial charge in [0.25, 0.3) is 0 Å². The number of anilines is 2. The van der Waals surface area contributed by atoms with Crippen LogP contribution < -0.4 is 20.1 Å². The Morgan fingerprint density at radius 3 is 2.46 bits per heavy atom. The van der Waals surface area contributed by atoms with E-state index in [4.69, 9.17) is 9.47 Å². The van der Waals surface area contributed by atoms with E-state index in [0.29, 0.717) is 23.1 Å². The van der Waals surface area contributed by atoms with Crippen LogP contribution in [0.15, 0.2) is 36.4 Å². The largest absolute Gasteiger partial charge is 0.493 e. The molecule has 0 atom stereocenters. The van der Waals surface area contributed by atoms with E-state index in [9.17, 15) is 4.79 Å². The highest BCUT2D eigenvalue weighted by Crippen LogP contribution is 2.39. The first-order valence-electron chi connectivity index (χ1n) is 9.16. The smallest absolute Gasteiger partial charge is 0.227 e. The molecule has 2 N–H and O–H groups in total. The molecule has 2 aromatic carbocycles. The number of ether oxygens (including phenoxy) is 2. The van der Waals surface area contributed by atoms with Crippen LogP contribution in [0.2, 0.25) is 0 Å². The Bertz CT molecular complexity index is 1050. The fourth-order valence-electron chi connectivity index (χ4n) is 3.15. The van der Waals surface area contributed by atoms with E-state index in [1.54, 1.807) is 21.3 Å². The molecule has 7 nitrogen and oxygen atoms in total. The van der Waals surface area contributed by atoms with Crippen LogP contribution in [0.3, 0.4) is 0 Å². The Balaban J connectivity index is 1.91. The summed E-state index contributed by atoms with van der Waals surface area (Å²) < 4.78 is 10.9. The lowest BCUT2D eigenvalue weighted by atomic mass is 10.0. The number of nitrogens with one attached hydrogen (secondary N) is 2. The van der Waals surface area contributed by atoms with Crippen molar-refractivity contribution in [3.8, 4) is 22.8 Å². The summed E-state index contributed by atoms with van der Waals surface area (Å²) in [5, 5.41) is 6.86. The molecular formula is C21H22N4O3. The highest BCUT2D eigenvalue weighted by molar-refractivity contribution is 6.02. The molecule has 3 aromatic rings. The molecular weight excluding hydrogens is 356 g/mol. The van der Waals surface area contributed by atoms with Crippen molar-refractivity contribution in [2.45, 2.75) is 12.8 Å². The zero-order valence-corrected chi connectivity index (χ0v) is 16.1. The maximum absolute atomic E-state index is 12.3. The minimum Gasteiger partial charge on any atom is -0.493 e. The molecule has 4 rings (SSSR count). The molecule has 0 radical (unpaired) electrons. The van der Waals surface area contributed by atoms with Crippen molar-refractivity contribution < 1.29 is 14.3 Å². The average Bonchev–Trinajstić information content (AvgIpc) is 3.57. The van der Waals surface area contributed by atoms with E-state index in [1.807, 2.05) is 36.4 Å². The quantitative estimate of drug-likeness (QED) is 0.680. The average molecular weight is 378 g/mol. The number of rotatable bonds is 6. The van der Waals surface area contributed by atoms with Gasteiger partial charge in [0, 0.05) is 30.0 Å². The molecule has 0 bridgehead atoms. The first-order chi connectivity index (χ1) is 13.6. The summed E-state index contributed by atoms with van der Waals surface area (Å²) in [4.78, 5) is 21.6. The van der Waals surface area contributed by atoms with Gasteiger partial charge in [-0.25, -0.2) is 9.97 Å². The molecule has 0 spiro atoms. The van der Waals surface area contributed by atoms with Gasteiger partial charge in [-0.1, -0.05) is 18.2 Å². The van der Waals surface area contributed by atoms with Crippen LogP contribution in [-0.2, 0) is 4.79 Å². The number of para-hydroxylation sites is 1. The molecule has 1 saturated carbocycles. The third-order valence-electron chi connectivity index (χ3n) is 4.81. The van der Waals surface area contributed by atoms with Gasteiger partial charge in [-0.15, -0.1) is 0 Å². The molecule has 1 heterocycles. The lowest BCUT2D eigenvalue weighted by molar-refractivity contribution is -0.117. The lowest BCUT2D eigenvalue weighted by Crippen LogP contribution is -2.14. The third-order valence-corrected chi connectivity index (χ3v) is 4.81. The number of benzene rings is 2. The summed E-state index contributed by atoms with van der Waals surface area (Å²) in [5.74, 6) is 1.85. The summed E-state index contributed by atoms with van der Waals surface area (Å²) in [5.41, 5.74) is 2.99. The first kappa shape index (κ1) is 18.0. The molecule has 1 fully saturated rings. The molecule has 28 heavy (non-hydrogen) atoms. The first-order valence-corrected chi connectivity index (χ1v) is 9.16. The summed E-state index contributed by atoms with van der Waals surface area (Å²) in [6.07, 6.45) is 1.90. The number of methoxy groups -OCH3 is 2. The van der Waals surface area contributed by atoms with Gasteiger partial charge in [0.2, 0.25) is 11.9 Å². The number of fused-ring (bicyclic) bond motifs is 1. The fourth-order valence-corrected chi connectivity index (χ4v) is 3.15. The number of hydrogen-bond donors (Lipinski definition) is 2. The molecule has 1 aromatic heterocycles. The maximum Gasteiger partial charge on any atom is 0.227 e. The number of carbonyl (C=O) groups excluding carboxylic acids is 1. The van der Waals surface area contributed by atoms with E-state index >= 15 is 0 Å². The SMILES string of the molecule is CNc1nc(-c2ccccc2NC(=O)C2CC2)c2cc(OC)c(OC)cc2n1. The number of amides is 1. The Morgan fingerprint density at radius 2 is 1.79 bits per heavy atom. The van der Waals surface area contributed by atoms with Crippen LogP contribution in [0.1, 0.15) is 12.8 Å². The standard InChI is InChI=1S/C21H22N4O3/c1-22-21-24-16-11-18(28-3)17(27-2)10-14(16)19(25-21)13-6-4-5-7-15(13)23-20(26)12-8-9-12/h4-7,10-12H,8-9H2,1-3H3,(H,23,26)(H,22,24,25). The van der Waals surface area contributed by atoms with Gasteiger partial charge in [-0.2, -0.15) is 0 Å². The zero-order valence-electron chi connectivity index (χ0n) is 16.1. The normalized spacial score (nSPS) is 13.2. The zero-order chi connectivity index (χ0) is 19.7. The van der Waals surface area contributed by atoms with Crippen molar-refractivity contribution in [1.29, 1.82) is 0 Å². The predicted molar refractivity (Wildman–Crippen MR) is 109 cm³/mol. The van der Waals surface area contributed by atoms with Gasteiger partial charge >= 0.3 is 0 Å². The number of carbonyl (C=O) groups is 1. The second-order valence-electron chi connectivity index (χ2n) is 6.68. The van der Waals surface area contributed by atoms with Crippen LogP contribution >= 0.6 is 0 Å². The minimum atomic E-state index is 0.0545. The molecule has 0 aliphatic heterocycles. The Hall–Kier alpha value is -3.35. The monoisotopic (exact) mass is 378 g/mol. The summed E-state index contributed by atoms with van der Waals surface area (Å²) >= 11 is 0. The summed E-state index contributed by atoms with van der Waals surface area (Å²) in [7, 11) is 4.95. The molecule has 1 aliphatic rings. The van der Waals surface area contributed by atoms with E-state index < -0.39 is 0 Å². The molecule has 0 saturated heterocycles. The Morgan fingerprint density at radius 1 is 1.07 bits per heavy atom. The molecule has 7 heteroatoms. The predicted octanol–water partition coefficient (Wildman–Crippen LogP) is 3.70. The number of nitrogens with zero attached hydrogens (tertiary/aromatic N) is 2. The second kappa shape index (κ2) is 7.34. The van der Waals surface area contributed by atoms with Crippen LogP contribution in [0.5, 0.6) is 11.5 Å². The number of hydrogen-bond acceptors (Lipinski definition) is 6. The van der Waals surface area contributed by atoms with Crippen molar-refractivity contribution in [3.05, 3.63) is 36.4 Å². The van der Waals surface area contributed by atoms with Gasteiger partial charge in [0.15, 0.2) is 11.5 Å². The third kappa shape index (κ3) is 3.31. The Labute approximate surface area is 163 Å². The van der Waals surface area contributed by atoms with Crippen LogP contribution in [0.25, 0.3) is 22.2 Å². The highest BCUT2D eigenvalue weighted by Gasteiger charge is 2.30. The van der Waals surface area contributed by atoms with E-state index in [-0.39, 0.29) is 11.8 Å². The van der Waals surface area contributed by atoms with E-state index in [1.165, 1.54) is 0 Å². The van der Waals surface area contributed by atoms with Crippen molar-refractivity contribution in [2.24, 2.45) is 5.92 Å². The fraction of sp³-hybridized carbons (Fsp3) is 0.286.